The fraction of sp³-hybridized carbons (Fsp3) is 0.500. The average molecular weight is 298 g/mol. The molecule has 2 N–H and O–H groups in total. The topological polar surface area (TPSA) is 91.4 Å². The van der Waals surface area contributed by atoms with Crippen LogP contribution in [0.2, 0.25) is 0 Å². The molecule has 0 radical (unpaired) electrons. The molecule has 1 aromatic heterocycles. The van der Waals surface area contributed by atoms with Crippen molar-refractivity contribution < 1.29 is 13.2 Å². The number of rotatable bonds is 4. The molecular formula is C12H18N4O3S. The van der Waals surface area contributed by atoms with Crippen LogP contribution in [0.5, 0.6) is 0 Å². The number of anilines is 1. The minimum Gasteiger partial charge on any atom is -0.387 e. The first kappa shape index (κ1) is 14.7. The Morgan fingerprint density at radius 3 is 2.95 bits per heavy atom. The third kappa shape index (κ3) is 2.48. The van der Waals surface area contributed by atoms with Crippen LogP contribution < -0.4 is 10.6 Å². The molecule has 2 rings (SSSR count). The number of pyridine rings is 1. The maximum absolute atomic E-state index is 12.7. The molecule has 0 aliphatic carbocycles. The van der Waals surface area contributed by atoms with Crippen molar-refractivity contribution in [3.63, 3.8) is 0 Å². The standard InChI is InChI=1S/C12H18N4O3S/c1-3-10-12(17)15-6-7-16(10)20(18,19)11-8-14-5-4-9(11)13-2/h4-5,8,10H,3,6-7H2,1-2H3,(H,13,14)(H,15,17). The lowest BCUT2D eigenvalue weighted by Gasteiger charge is -2.33. The van der Waals surface area contributed by atoms with Crippen LogP contribution in [-0.4, -0.2) is 49.8 Å². The van der Waals surface area contributed by atoms with Crippen molar-refractivity contribution in [1.82, 2.24) is 14.6 Å². The highest BCUT2D eigenvalue weighted by Gasteiger charge is 2.38. The van der Waals surface area contributed by atoms with Crippen molar-refractivity contribution in [2.75, 3.05) is 25.5 Å². The number of sulfonamides is 1. The zero-order chi connectivity index (χ0) is 14.8. The zero-order valence-electron chi connectivity index (χ0n) is 11.5. The molecule has 1 fully saturated rings. The Morgan fingerprint density at radius 2 is 2.30 bits per heavy atom. The van der Waals surface area contributed by atoms with Crippen LogP contribution >= 0.6 is 0 Å². The molecule has 0 spiro atoms. The van der Waals surface area contributed by atoms with E-state index in [2.05, 4.69) is 15.6 Å². The second kappa shape index (κ2) is 5.76. The summed E-state index contributed by atoms with van der Waals surface area (Å²) in [6.45, 7) is 2.38. The van der Waals surface area contributed by atoms with E-state index >= 15 is 0 Å². The minimum absolute atomic E-state index is 0.0932. The van der Waals surface area contributed by atoms with Crippen molar-refractivity contribution in [2.45, 2.75) is 24.3 Å². The normalized spacial score (nSPS) is 20.5. The molecule has 7 nitrogen and oxygen atoms in total. The highest BCUT2D eigenvalue weighted by Crippen LogP contribution is 2.26. The van der Waals surface area contributed by atoms with Crippen LogP contribution in [0.1, 0.15) is 13.3 Å². The molecule has 8 heteroatoms. The van der Waals surface area contributed by atoms with E-state index < -0.39 is 16.1 Å². The van der Waals surface area contributed by atoms with Crippen molar-refractivity contribution in [1.29, 1.82) is 0 Å². The van der Waals surface area contributed by atoms with Gasteiger partial charge in [-0.3, -0.25) is 9.78 Å². The Morgan fingerprint density at radius 1 is 1.55 bits per heavy atom. The van der Waals surface area contributed by atoms with Gasteiger partial charge in [-0.05, 0) is 12.5 Å². The molecule has 1 atom stereocenters. The Labute approximate surface area is 118 Å². The Bertz CT molecular complexity index is 602. The smallest absolute Gasteiger partial charge is 0.247 e. The molecule has 1 amide bonds. The molecule has 2 heterocycles. The molecule has 1 saturated heterocycles. The van der Waals surface area contributed by atoms with Gasteiger partial charge in [0.25, 0.3) is 0 Å². The predicted octanol–water partition coefficient (Wildman–Crippen LogP) is 0.0224. The summed E-state index contributed by atoms with van der Waals surface area (Å²) in [6, 6.07) is 0.927. The molecule has 0 bridgehead atoms. The molecule has 0 aromatic carbocycles. The van der Waals surface area contributed by atoms with E-state index in [4.69, 9.17) is 0 Å². The molecule has 0 saturated carbocycles. The largest absolute Gasteiger partial charge is 0.387 e. The van der Waals surface area contributed by atoms with Gasteiger partial charge in [-0.25, -0.2) is 8.42 Å². The Kier molecular flexibility index (Phi) is 4.24. The number of hydrogen-bond donors (Lipinski definition) is 2. The molecule has 1 unspecified atom stereocenters. The van der Waals surface area contributed by atoms with E-state index in [0.29, 0.717) is 18.7 Å². The van der Waals surface area contributed by atoms with Gasteiger partial charge in [-0.15, -0.1) is 0 Å². The zero-order valence-corrected chi connectivity index (χ0v) is 12.3. The van der Waals surface area contributed by atoms with Crippen molar-refractivity contribution >= 4 is 21.6 Å². The number of nitrogens with one attached hydrogen (secondary N) is 2. The Balaban J connectivity index is 2.46. The van der Waals surface area contributed by atoms with E-state index in [1.165, 1.54) is 16.7 Å². The summed E-state index contributed by atoms with van der Waals surface area (Å²) in [7, 11) is -2.10. The lowest BCUT2D eigenvalue weighted by atomic mass is 10.2. The third-order valence-corrected chi connectivity index (χ3v) is 5.24. The molecule has 1 aliphatic heterocycles. The monoisotopic (exact) mass is 298 g/mol. The molecule has 110 valence electrons. The maximum atomic E-state index is 12.7. The van der Waals surface area contributed by atoms with Gasteiger partial charge in [-0.2, -0.15) is 4.31 Å². The quantitative estimate of drug-likeness (QED) is 0.818. The average Bonchev–Trinajstić information content (AvgIpc) is 2.46. The SMILES string of the molecule is CCC1C(=O)NCCN1S(=O)(=O)c1cnccc1NC. The maximum Gasteiger partial charge on any atom is 0.247 e. The molecule has 20 heavy (non-hydrogen) atoms. The van der Waals surface area contributed by atoms with Crippen LogP contribution in [0.25, 0.3) is 0 Å². The first-order valence-corrected chi connectivity index (χ1v) is 7.87. The summed E-state index contributed by atoms with van der Waals surface area (Å²) < 4.78 is 26.7. The second-order valence-corrected chi connectivity index (χ2v) is 6.31. The number of nitrogens with zero attached hydrogens (tertiary/aromatic N) is 2. The number of amides is 1. The van der Waals surface area contributed by atoms with Gasteiger partial charge in [0.1, 0.15) is 10.9 Å². The summed E-state index contributed by atoms with van der Waals surface area (Å²) in [5, 5.41) is 5.53. The Hall–Kier alpha value is -1.67. The van der Waals surface area contributed by atoms with E-state index in [0.717, 1.165) is 0 Å². The summed E-state index contributed by atoms with van der Waals surface area (Å²) >= 11 is 0. The first-order valence-electron chi connectivity index (χ1n) is 6.43. The van der Waals surface area contributed by atoms with Crippen LogP contribution in [0.15, 0.2) is 23.4 Å². The fourth-order valence-corrected chi connectivity index (χ4v) is 4.10. The van der Waals surface area contributed by atoms with Crippen LogP contribution in [0.4, 0.5) is 5.69 Å². The fourth-order valence-electron chi connectivity index (χ4n) is 2.29. The summed E-state index contributed by atoms with van der Waals surface area (Å²) in [5.74, 6) is -0.253. The molecular weight excluding hydrogens is 280 g/mol. The number of hydrogen-bond acceptors (Lipinski definition) is 5. The second-order valence-electron chi connectivity index (χ2n) is 4.45. The van der Waals surface area contributed by atoms with E-state index in [9.17, 15) is 13.2 Å². The summed E-state index contributed by atoms with van der Waals surface area (Å²) in [6.07, 6.45) is 3.26. The van der Waals surface area contributed by atoms with Crippen LogP contribution in [-0.2, 0) is 14.8 Å². The van der Waals surface area contributed by atoms with E-state index in [-0.39, 0.29) is 17.3 Å². The lowest BCUT2D eigenvalue weighted by molar-refractivity contribution is -0.126. The first-order chi connectivity index (χ1) is 9.52. The van der Waals surface area contributed by atoms with Crippen molar-refractivity contribution in [3.05, 3.63) is 18.5 Å². The number of carbonyl (C=O) groups is 1. The molecule has 1 aromatic rings. The van der Waals surface area contributed by atoms with E-state index in [1.807, 2.05) is 0 Å². The van der Waals surface area contributed by atoms with Crippen LogP contribution in [0.3, 0.4) is 0 Å². The predicted molar refractivity (Wildman–Crippen MR) is 74.8 cm³/mol. The summed E-state index contributed by atoms with van der Waals surface area (Å²) in [5.41, 5.74) is 0.473. The molecule has 1 aliphatic rings. The third-order valence-electron chi connectivity index (χ3n) is 3.31. The van der Waals surface area contributed by atoms with Gasteiger partial charge in [0.15, 0.2) is 0 Å². The van der Waals surface area contributed by atoms with Gasteiger partial charge in [0.05, 0.1) is 5.69 Å². The van der Waals surface area contributed by atoms with Crippen molar-refractivity contribution in [3.8, 4) is 0 Å². The lowest BCUT2D eigenvalue weighted by Crippen LogP contribution is -2.56. The van der Waals surface area contributed by atoms with Gasteiger partial charge in [0, 0.05) is 32.5 Å². The van der Waals surface area contributed by atoms with Gasteiger partial charge < -0.3 is 10.6 Å². The van der Waals surface area contributed by atoms with Crippen molar-refractivity contribution in [2.24, 2.45) is 0 Å². The highest BCUT2D eigenvalue weighted by molar-refractivity contribution is 7.89. The van der Waals surface area contributed by atoms with Gasteiger partial charge in [-0.1, -0.05) is 6.92 Å². The van der Waals surface area contributed by atoms with Crippen LogP contribution in [0, 0.1) is 0 Å². The van der Waals surface area contributed by atoms with Gasteiger partial charge >= 0.3 is 0 Å². The number of piperazine rings is 1. The number of aromatic nitrogens is 1. The van der Waals surface area contributed by atoms with E-state index in [1.54, 1.807) is 20.0 Å². The number of carbonyl (C=O) groups excluding carboxylic acids is 1. The van der Waals surface area contributed by atoms with Gasteiger partial charge in [0.2, 0.25) is 15.9 Å². The summed E-state index contributed by atoms with van der Waals surface area (Å²) in [4.78, 5) is 15.8. The minimum atomic E-state index is -3.75. The highest BCUT2D eigenvalue weighted by atomic mass is 32.2.